The molecule has 1 aliphatic rings. The van der Waals surface area contributed by atoms with Crippen molar-refractivity contribution >= 4 is 17.5 Å². The predicted octanol–water partition coefficient (Wildman–Crippen LogP) is 4.13. The zero-order valence-electron chi connectivity index (χ0n) is 16.8. The molecule has 2 heterocycles. The van der Waals surface area contributed by atoms with E-state index in [1.165, 1.54) is 6.20 Å². The summed E-state index contributed by atoms with van der Waals surface area (Å²) in [6.07, 6.45) is 6.74. The molecule has 0 aliphatic heterocycles. The van der Waals surface area contributed by atoms with Crippen LogP contribution < -0.4 is 5.32 Å². The summed E-state index contributed by atoms with van der Waals surface area (Å²) in [7, 11) is 0. The summed E-state index contributed by atoms with van der Waals surface area (Å²) in [5, 5.41) is 8.48. The number of nitrogens with zero attached hydrogens (tertiary/aromatic N) is 4. The van der Waals surface area contributed by atoms with Crippen molar-refractivity contribution < 1.29 is 4.79 Å². The van der Waals surface area contributed by atoms with Gasteiger partial charge in [-0.15, -0.1) is 0 Å². The van der Waals surface area contributed by atoms with Crippen LogP contribution in [0.15, 0.2) is 42.9 Å². The Morgan fingerprint density at radius 1 is 1.28 bits per heavy atom. The fraction of sp³-hybridized carbons (Fsp3) is 0.364. The van der Waals surface area contributed by atoms with Gasteiger partial charge in [0.1, 0.15) is 5.69 Å². The summed E-state index contributed by atoms with van der Waals surface area (Å²) in [5.41, 5.74) is 4.47. The van der Waals surface area contributed by atoms with E-state index < -0.39 is 0 Å². The molecule has 0 spiro atoms. The van der Waals surface area contributed by atoms with Gasteiger partial charge in [-0.3, -0.25) is 14.5 Å². The first kappa shape index (κ1) is 19.6. The molecular weight excluding hydrogens is 386 g/mol. The summed E-state index contributed by atoms with van der Waals surface area (Å²) in [4.78, 5) is 21.1. The van der Waals surface area contributed by atoms with Crippen molar-refractivity contribution in [3.63, 3.8) is 0 Å². The number of aromatic nitrogens is 4. The molecule has 0 bridgehead atoms. The van der Waals surface area contributed by atoms with E-state index in [4.69, 9.17) is 11.6 Å². The van der Waals surface area contributed by atoms with Gasteiger partial charge in [-0.05, 0) is 42.9 Å². The molecule has 4 rings (SSSR count). The monoisotopic (exact) mass is 409 g/mol. The molecule has 150 valence electrons. The second kappa shape index (κ2) is 7.59. The van der Waals surface area contributed by atoms with Crippen LogP contribution in [0, 0.1) is 12.3 Å². The normalized spacial score (nSPS) is 17.6. The lowest BCUT2D eigenvalue weighted by Gasteiger charge is -2.36. The summed E-state index contributed by atoms with van der Waals surface area (Å²) in [5.74, 6) is -0.214. The van der Waals surface area contributed by atoms with Gasteiger partial charge in [-0.1, -0.05) is 37.6 Å². The van der Waals surface area contributed by atoms with Gasteiger partial charge < -0.3 is 5.32 Å². The first-order valence-corrected chi connectivity index (χ1v) is 10.1. The van der Waals surface area contributed by atoms with Gasteiger partial charge >= 0.3 is 0 Å². The highest BCUT2D eigenvalue weighted by Gasteiger charge is 2.36. The second-order valence-electron chi connectivity index (χ2n) is 8.45. The molecule has 1 N–H and O–H groups in total. The molecule has 0 saturated carbocycles. The third kappa shape index (κ3) is 4.32. The molecule has 1 aliphatic carbocycles. The Kier molecular flexibility index (Phi) is 5.13. The molecule has 1 aromatic carbocycles. The Balaban J connectivity index is 1.60. The molecular formula is C22H24ClN5O. The Morgan fingerprint density at radius 3 is 2.83 bits per heavy atom. The van der Waals surface area contributed by atoms with Crippen molar-refractivity contribution in [3.8, 4) is 0 Å². The molecule has 0 saturated heterocycles. The number of nitrogens with one attached hydrogen (secondary N) is 1. The Hall–Kier alpha value is -2.73. The molecule has 0 unspecified atom stereocenters. The van der Waals surface area contributed by atoms with Crippen LogP contribution >= 0.6 is 11.6 Å². The largest absolute Gasteiger partial charge is 0.344 e. The van der Waals surface area contributed by atoms with Crippen molar-refractivity contribution in [3.05, 3.63) is 76.1 Å². The van der Waals surface area contributed by atoms with Crippen LogP contribution in [0.1, 0.15) is 59.3 Å². The van der Waals surface area contributed by atoms with Crippen molar-refractivity contribution in [2.45, 2.75) is 46.2 Å². The van der Waals surface area contributed by atoms with Gasteiger partial charge in [0.25, 0.3) is 5.91 Å². The number of aryl methyl sites for hydroxylation is 1. The summed E-state index contributed by atoms with van der Waals surface area (Å²) < 4.78 is 2.02. The van der Waals surface area contributed by atoms with Crippen LogP contribution in [-0.2, 0) is 13.0 Å². The highest BCUT2D eigenvalue weighted by molar-refractivity contribution is 6.30. The third-order valence-corrected chi connectivity index (χ3v) is 5.53. The zero-order chi connectivity index (χ0) is 20.6. The molecule has 2 aromatic heterocycles. The van der Waals surface area contributed by atoms with Crippen LogP contribution in [0.5, 0.6) is 0 Å². The SMILES string of the molecule is Cc1cnc(C(=O)N[C@@H]2CC(C)(C)Cc3c2cnn3Cc2cccc(Cl)c2)cn1. The Labute approximate surface area is 175 Å². The topological polar surface area (TPSA) is 72.7 Å². The standard InChI is InChI=1S/C22H24ClN5O/c1-14-10-25-19(12-24-14)21(29)27-18-8-22(2,3)9-20-17(18)11-26-28(20)13-15-5-4-6-16(23)7-15/h4-7,10-12,18H,8-9,13H2,1-3H3,(H,27,29)/t18-/m1/s1. The molecule has 29 heavy (non-hydrogen) atoms. The van der Waals surface area contributed by atoms with E-state index in [0.29, 0.717) is 17.3 Å². The second-order valence-corrected chi connectivity index (χ2v) is 8.88. The quantitative estimate of drug-likeness (QED) is 0.703. The van der Waals surface area contributed by atoms with Gasteiger partial charge in [0.05, 0.1) is 30.7 Å². The van der Waals surface area contributed by atoms with E-state index in [0.717, 1.165) is 35.4 Å². The number of hydrogen-bond acceptors (Lipinski definition) is 4. The molecule has 0 radical (unpaired) electrons. The maximum atomic E-state index is 12.7. The minimum absolute atomic E-state index is 0.0377. The summed E-state index contributed by atoms with van der Waals surface area (Å²) in [6.45, 7) is 6.93. The van der Waals surface area contributed by atoms with Crippen LogP contribution in [0.25, 0.3) is 0 Å². The number of hydrogen-bond donors (Lipinski definition) is 1. The van der Waals surface area contributed by atoms with Gasteiger partial charge in [-0.2, -0.15) is 5.10 Å². The number of amides is 1. The summed E-state index contributed by atoms with van der Waals surface area (Å²) >= 11 is 6.13. The highest BCUT2D eigenvalue weighted by atomic mass is 35.5. The van der Waals surface area contributed by atoms with E-state index in [9.17, 15) is 4.79 Å². The van der Waals surface area contributed by atoms with Gasteiger partial charge in [-0.25, -0.2) is 4.98 Å². The lowest BCUT2D eigenvalue weighted by atomic mass is 9.74. The van der Waals surface area contributed by atoms with Crippen molar-refractivity contribution in [1.82, 2.24) is 25.1 Å². The molecule has 1 atom stereocenters. The molecule has 6 nitrogen and oxygen atoms in total. The van der Waals surface area contributed by atoms with Crippen LogP contribution in [0.2, 0.25) is 5.02 Å². The van der Waals surface area contributed by atoms with E-state index in [-0.39, 0.29) is 17.4 Å². The Bertz CT molecular complexity index is 1040. The maximum Gasteiger partial charge on any atom is 0.271 e. The highest BCUT2D eigenvalue weighted by Crippen LogP contribution is 2.41. The number of halogens is 1. The number of carbonyl (C=O) groups excluding carboxylic acids is 1. The molecule has 1 amide bonds. The molecule has 7 heteroatoms. The molecule has 0 fully saturated rings. The first-order chi connectivity index (χ1) is 13.8. The maximum absolute atomic E-state index is 12.7. The Morgan fingerprint density at radius 2 is 2.10 bits per heavy atom. The minimum atomic E-state index is -0.214. The van der Waals surface area contributed by atoms with Crippen molar-refractivity contribution in [2.24, 2.45) is 5.41 Å². The van der Waals surface area contributed by atoms with Gasteiger partial charge in [0.15, 0.2) is 0 Å². The van der Waals surface area contributed by atoms with Gasteiger partial charge in [0, 0.05) is 22.5 Å². The lowest BCUT2D eigenvalue weighted by Crippen LogP contribution is -2.37. The van der Waals surface area contributed by atoms with E-state index in [1.807, 2.05) is 42.1 Å². The fourth-order valence-corrected chi connectivity index (χ4v) is 4.13. The fourth-order valence-electron chi connectivity index (χ4n) is 3.91. The minimum Gasteiger partial charge on any atom is -0.344 e. The van der Waals surface area contributed by atoms with Crippen LogP contribution in [0.4, 0.5) is 0 Å². The van der Waals surface area contributed by atoms with E-state index in [2.05, 4.69) is 34.2 Å². The van der Waals surface area contributed by atoms with Crippen LogP contribution in [-0.4, -0.2) is 25.7 Å². The number of fused-ring (bicyclic) bond motifs is 1. The summed E-state index contributed by atoms with van der Waals surface area (Å²) in [6, 6.07) is 7.70. The van der Waals surface area contributed by atoms with Crippen molar-refractivity contribution in [1.29, 1.82) is 0 Å². The van der Waals surface area contributed by atoms with Crippen LogP contribution in [0.3, 0.4) is 0 Å². The van der Waals surface area contributed by atoms with E-state index in [1.54, 1.807) is 6.20 Å². The average molecular weight is 410 g/mol. The predicted molar refractivity (Wildman–Crippen MR) is 112 cm³/mol. The van der Waals surface area contributed by atoms with E-state index >= 15 is 0 Å². The number of benzene rings is 1. The first-order valence-electron chi connectivity index (χ1n) is 9.69. The third-order valence-electron chi connectivity index (χ3n) is 5.30. The van der Waals surface area contributed by atoms with Gasteiger partial charge in [0.2, 0.25) is 0 Å². The lowest BCUT2D eigenvalue weighted by molar-refractivity contribution is 0.0913. The van der Waals surface area contributed by atoms with Crippen molar-refractivity contribution in [2.75, 3.05) is 0 Å². The smallest absolute Gasteiger partial charge is 0.271 e. The molecule has 3 aromatic rings. The number of rotatable bonds is 4. The average Bonchev–Trinajstić information content (AvgIpc) is 3.04. The zero-order valence-corrected chi connectivity index (χ0v) is 17.6. The number of carbonyl (C=O) groups is 1.